The minimum Gasteiger partial charge on any atom is -0.496 e. The van der Waals surface area contributed by atoms with Crippen LogP contribution in [0.4, 0.5) is 0 Å². The number of halogens is 1. The first-order valence-electron chi connectivity index (χ1n) is 4.14. The lowest BCUT2D eigenvalue weighted by Gasteiger charge is -2.06. The molecule has 0 amide bonds. The van der Waals surface area contributed by atoms with Gasteiger partial charge < -0.3 is 4.74 Å². The molecular formula is C10H11ClO. The Labute approximate surface area is 77.3 Å². The van der Waals surface area contributed by atoms with Crippen molar-refractivity contribution in [3.63, 3.8) is 0 Å². The second-order valence-electron chi connectivity index (χ2n) is 3.16. The summed E-state index contributed by atoms with van der Waals surface area (Å²) in [5, 5.41) is 0.803. The van der Waals surface area contributed by atoms with Crippen molar-refractivity contribution in [1.29, 1.82) is 0 Å². The van der Waals surface area contributed by atoms with E-state index in [1.807, 2.05) is 18.2 Å². The first kappa shape index (κ1) is 7.93. The maximum Gasteiger partial charge on any atom is 0.122 e. The summed E-state index contributed by atoms with van der Waals surface area (Å²) in [7, 11) is 1.70. The van der Waals surface area contributed by atoms with Crippen LogP contribution in [-0.4, -0.2) is 7.11 Å². The van der Waals surface area contributed by atoms with Crippen LogP contribution in [0.5, 0.6) is 5.75 Å². The van der Waals surface area contributed by atoms with E-state index in [9.17, 15) is 0 Å². The van der Waals surface area contributed by atoms with Gasteiger partial charge in [0.2, 0.25) is 0 Å². The number of rotatable bonds is 2. The molecule has 64 valence electrons. The lowest BCUT2D eigenvalue weighted by atomic mass is 10.1. The van der Waals surface area contributed by atoms with Crippen LogP contribution in [-0.2, 0) is 0 Å². The Morgan fingerprint density at radius 3 is 2.75 bits per heavy atom. The van der Waals surface area contributed by atoms with E-state index < -0.39 is 0 Å². The summed E-state index contributed by atoms with van der Waals surface area (Å²) >= 11 is 5.89. The molecule has 0 N–H and O–H groups in total. The van der Waals surface area contributed by atoms with E-state index >= 15 is 0 Å². The molecule has 1 aliphatic rings. The first-order chi connectivity index (χ1) is 5.81. The summed E-state index contributed by atoms with van der Waals surface area (Å²) in [6.45, 7) is 0. The van der Waals surface area contributed by atoms with Crippen LogP contribution in [0.15, 0.2) is 18.2 Å². The Morgan fingerprint density at radius 2 is 2.17 bits per heavy atom. The molecule has 0 aliphatic heterocycles. The van der Waals surface area contributed by atoms with Gasteiger partial charge in [0.15, 0.2) is 0 Å². The monoisotopic (exact) mass is 182 g/mol. The highest BCUT2D eigenvalue weighted by molar-refractivity contribution is 6.30. The highest BCUT2D eigenvalue weighted by Gasteiger charge is 2.26. The van der Waals surface area contributed by atoms with Gasteiger partial charge in [0, 0.05) is 5.02 Å². The Balaban J connectivity index is 2.39. The van der Waals surface area contributed by atoms with Crippen molar-refractivity contribution < 1.29 is 4.74 Å². The van der Waals surface area contributed by atoms with Crippen LogP contribution in [0.3, 0.4) is 0 Å². The molecule has 1 aromatic rings. The van der Waals surface area contributed by atoms with Gasteiger partial charge in [-0.3, -0.25) is 0 Å². The van der Waals surface area contributed by atoms with Crippen LogP contribution in [0.25, 0.3) is 0 Å². The zero-order valence-electron chi connectivity index (χ0n) is 7.01. The molecule has 1 saturated carbocycles. The molecular weight excluding hydrogens is 172 g/mol. The summed E-state index contributed by atoms with van der Waals surface area (Å²) in [6.07, 6.45) is 2.55. The lowest BCUT2D eigenvalue weighted by Crippen LogP contribution is -1.89. The maximum atomic E-state index is 5.89. The van der Waals surface area contributed by atoms with E-state index in [1.165, 1.54) is 18.4 Å². The van der Waals surface area contributed by atoms with Crippen molar-refractivity contribution in [2.45, 2.75) is 18.8 Å². The van der Waals surface area contributed by atoms with Gasteiger partial charge in [0.1, 0.15) is 5.75 Å². The lowest BCUT2D eigenvalue weighted by molar-refractivity contribution is 0.410. The summed E-state index contributed by atoms with van der Waals surface area (Å²) < 4.78 is 5.24. The third kappa shape index (κ3) is 1.42. The van der Waals surface area contributed by atoms with Crippen LogP contribution < -0.4 is 4.74 Å². The Hall–Kier alpha value is -0.690. The predicted molar refractivity (Wildman–Crippen MR) is 50.0 cm³/mol. The molecule has 0 heterocycles. The van der Waals surface area contributed by atoms with Crippen molar-refractivity contribution in [2.75, 3.05) is 7.11 Å². The maximum absolute atomic E-state index is 5.89. The second-order valence-corrected chi connectivity index (χ2v) is 3.60. The van der Waals surface area contributed by atoms with Gasteiger partial charge in [-0.2, -0.15) is 0 Å². The zero-order valence-corrected chi connectivity index (χ0v) is 7.77. The quantitative estimate of drug-likeness (QED) is 0.683. The van der Waals surface area contributed by atoms with Crippen LogP contribution in [0.2, 0.25) is 5.02 Å². The molecule has 2 heteroatoms. The number of ether oxygens (including phenoxy) is 1. The molecule has 0 saturated heterocycles. The third-order valence-corrected chi connectivity index (χ3v) is 2.44. The Morgan fingerprint density at radius 1 is 1.42 bits per heavy atom. The van der Waals surface area contributed by atoms with Crippen molar-refractivity contribution >= 4 is 11.6 Å². The topological polar surface area (TPSA) is 9.23 Å². The summed E-state index contributed by atoms with van der Waals surface area (Å²) in [6, 6.07) is 5.82. The van der Waals surface area contributed by atoms with E-state index in [0.717, 1.165) is 10.8 Å². The van der Waals surface area contributed by atoms with Crippen LogP contribution >= 0.6 is 11.6 Å². The summed E-state index contributed by atoms with van der Waals surface area (Å²) in [5.41, 5.74) is 1.27. The van der Waals surface area contributed by atoms with Gasteiger partial charge in [-0.1, -0.05) is 11.6 Å². The largest absolute Gasteiger partial charge is 0.496 e. The van der Waals surface area contributed by atoms with Gasteiger partial charge in [0.05, 0.1) is 7.11 Å². The number of hydrogen-bond acceptors (Lipinski definition) is 1. The normalized spacial score (nSPS) is 16.2. The fourth-order valence-electron chi connectivity index (χ4n) is 1.42. The van der Waals surface area contributed by atoms with Crippen molar-refractivity contribution in [3.8, 4) is 5.75 Å². The smallest absolute Gasteiger partial charge is 0.122 e. The van der Waals surface area contributed by atoms with Crippen molar-refractivity contribution in [3.05, 3.63) is 28.8 Å². The first-order valence-corrected chi connectivity index (χ1v) is 4.52. The summed E-state index contributed by atoms with van der Waals surface area (Å²) in [4.78, 5) is 0. The van der Waals surface area contributed by atoms with Gasteiger partial charge in [-0.05, 0) is 42.5 Å². The Bertz CT molecular complexity index is 292. The van der Waals surface area contributed by atoms with E-state index in [0.29, 0.717) is 5.92 Å². The number of methoxy groups -OCH3 is 1. The van der Waals surface area contributed by atoms with Gasteiger partial charge in [-0.15, -0.1) is 0 Å². The fourth-order valence-corrected chi connectivity index (χ4v) is 1.60. The second kappa shape index (κ2) is 2.98. The van der Waals surface area contributed by atoms with Crippen molar-refractivity contribution in [2.24, 2.45) is 0 Å². The molecule has 1 nitrogen and oxygen atoms in total. The number of hydrogen-bond donors (Lipinski definition) is 0. The molecule has 0 atom stereocenters. The van der Waals surface area contributed by atoms with E-state index in [-0.39, 0.29) is 0 Å². The van der Waals surface area contributed by atoms with E-state index in [2.05, 4.69) is 0 Å². The van der Waals surface area contributed by atoms with E-state index in [1.54, 1.807) is 7.11 Å². The predicted octanol–water partition coefficient (Wildman–Crippen LogP) is 3.23. The van der Waals surface area contributed by atoms with Gasteiger partial charge in [-0.25, -0.2) is 0 Å². The summed E-state index contributed by atoms with van der Waals surface area (Å²) in [5.74, 6) is 1.67. The third-order valence-electron chi connectivity index (χ3n) is 2.21. The SMILES string of the molecule is COc1ccc(Cl)cc1C1CC1. The standard InChI is InChI=1S/C10H11ClO/c1-12-10-5-4-8(11)6-9(10)7-2-3-7/h4-7H,2-3H2,1H3. The van der Waals surface area contributed by atoms with Gasteiger partial charge >= 0.3 is 0 Å². The van der Waals surface area contributed by atoms with Gasteiger partial charge in [0.25, 0.3) is 0 Å². The highest BCUT2D eigenvalue weighted by atomic mass is 35.5. The molecule has 0 radical (unpaired) electrons. The Kier molecular flexibility index (Phi) is 1.97. The molecule has 1 aliphatic carbocycles. The molecule has 12 heavy (non-hydrogen) atoms. The molecule has 0 spiro atoms. The molecule has 1 aromatic carbocycles. The molecule has 1 fully saturated rings. The molecule has 2 rings (SSSR count). The molecule has 0 unspecified atom stereocenters. The molecule has 0 bridgehead atoms. The number of benzene rings is 1. The fraction of sp³-hybridized carbons (Fsp3) is 0.400. The minimum atomic E-state index is 0.693. The average Bonchev–Trinajstić information content (AvgIpc) is 2.87. The average molecular weight is 183 g/mol. The van der Waals surface area contributed by atoms with Crippen molar-refractivity contribution in [1.82, 2.24) is 0 Å². The molecule has 0 aromatic heterocycles. The minimum absolute atomic E-state index is 0.693. The van der Waals surface area contributed by atoms with Crippen LogP contribution in [0.1, 0.15) is 24.3 Å². The van der Waals surface area contributed by atoms with E-state index in [4.69, 9.17) is 16.3 Å². The zero-order chi connectivity index (χ0) is 8.55. The van der Waals surface area contributed by atoms with Crippen LogP contribution in [0, 0.1) is 0 Å². The highest BCUT2D eigenvalue weighted by Crippen LogP contribution is 2.44.